The standard InChI is InChI=1S/C9H9NO4/c11-7-3-1-2-6(4-7)9(14)10-5-8(12)13/h1-4,11H,5H2,(H,10,14)(H,12,13)/i5+1,8+1,10+1. The summed E-state index contributed by atoms with van der Waals surface area (Å²) >= 11 is 0. The molecule has 0 atom stereocenters. The fourth-order valence-electron chi connectivity index (χ4n) is 0.905. The molecule has 0 saturated heterocycles. The molecule has 5 nitrogen and oxygen atoms in total. The molecule has 1 aromatic rings. The molecule has 0 aliphatic heterocycles. The van der Waals surface area contributed by atoms with E-state index < -0.39 is 18.4 Å². The summed E-state index contributed by atoms with van der Waals surface area (Å²) in [5.41, 5.74) is 0.228. The number of aliphatic carboxylic acids is 1. The summed E-state index contributed by atoms with van der Waals surface area (Å²) in [6.07, 6.45) is 0. The van der Waals surface area contributed by atoms with Gasteiger partial charge in [-0.25, -0.2) is 0 Å². The molecule has 0 unspecified atom stereocenters. The fourth-order valence-corrected chi connectivity index (χ4v) is 0.905. The van der Waals surface area contributed by atoms with Gasteiger partial charge in [0.2, 0.25) is 0 Å². The van der Waals surface area contributed by atoms with Crippen molar-refractivity contribution in [2.45, 2.75) is 0 Å². The van der Waals surface area contributed by atoms with E-state index in [2.05, 4.69) is 5.32 Å². The van der Waals surface area contributed by atoms with Crippen LogP contribution in [0.3, 0.4) is 0 Å². The lowest BCUT2D eigenvalue weighted by molar-refractivity contribution is -0.135. The maximum absolute atomic E-state index is 11.2. The number of rotatable bonds is 3. The molecule has 0 radical (unpaired) electrons. The number of hydrogen-bond donors (Lipinski definition) is 3. The van der Waals surface area contributed by atoms with Crippen molar-refractivity contribution < 1.29 is 19.8 Å². The number of carboxylic acids is 1. The summed E-state index contributed by atoms with van der Waals surface area (Å²) < 4.78 is 0. The van der Waals surface area contributed by atoms with E-state index in [1.165, 1.54) is 24.3 Å². The SMILES string of the molecule is O=C([15NH][13CH2][13C](=O)O)c1cccc(O)c1. The highest BCUT2D eigenvalue weighted by Gasteiger charge is 2.06. The quantitative estimate of drug-likeness (QED) is 0.478. The number of carbonyl (C=O) groups excluding carboxylic acids is 1. The van der Waals surface area contributed by atoms with Crippen molar-refractivity contribution in [2.24, 2.45) is 0 Å². The molecule has 74 valence electrons. The van der Waals surface area contributed by atoms with Crippen LogP contribution >= 0.6 is 0 Å². The van der Waals surface area contributed by atoms with Gasteiger partial charge in [-0.1, -0.05) is 6.07 Å². The molecular weight excluding hydrogens is 189 g/mol. The van der Waals surface area contributed by atoms with Crippen molar-refractivity contribution in [1.29, 1.82) is 0 Å². The summed E-state index contributed by atoms with van der Waals surface area (Å²) in [6, 6.07) is 5.67. The van der Waals surface area contributed by atoms with Crippen molar-refractivity contribution in [2.75, 3.05) is 6.54 Å². The number of phenols is 1. The summed E-state index contributed by atoms with van der Waals surface area (Å²) in [5, 5.41) is 19.5. The first-order chi connectivity index (χ1) is 6.59. The summed E-state index contributed by atoms with van der Waals surface area (Å²) in [4.78, 5) is 21.4. The van der Waals surface area contributed by atoms with E-state index in [0.29, 0.717) is 0 Å². The van der Waals surface area contributed by atoms with Crippen LogP contribution in [-0.2, 0) is 4.79 Å². The van der Waals surface area contributed by atoms with Crippen molar-refractivity contribution in [3.8, 4) is 5.75 Å². The van der Waals surface area contributed by atoms with Gasteiger partial charge in [0.15, 0.2) is 0 Å². The third-order valence-corrected chi connectivity index (χ3v) is 1.51. The number of carbonyl (C=O) groups is 2. The van der Waals surface area contributed by atoms with Crippen LogP contribution in [0.1, 0.15) is 10.4 Å². The average Bonchev–Trinajstić information content (AvgIpc) is 2.14. The molecule has 0 saturated carbocycles. The zero-order valence-electron chi connectivity index (χ0n) is 7.23. The van der Waals surface area contributed by atoms with Gasteiger partial charge in [-0.3, -0.25) is 9.59 Å². The van der Waals surface area contributed by atoms with Crippen LogP contribution in [0.15, 0.2) is 24.3 Å². The predicted molar refractivity (Wildman–Crippen MR) is 48.1 cm³/mol. The molecule has 0 spiro atoms. The van der Waals surface area contributed by atoms with Crippen LogP contribution in [0.2, 0.25) is 0 Å². The van der Waals surface area contributed by atoms with E-state index in [9.17, 15) is 9.59 Å². The summed E-state index contributed by atoms with van der Waals surface area (Å²) in [6.45, 7) is -0.436. The van der Waals surface area contributed by atoms with Crippen LogP contribution in [0.25, 0.3) is 0 Å². The highest BCUT2D eigenvalue weighted by Crippen LogP contribution is 2.10. The minimum absolute atomic E-state index is 0.0343. The lowest BCUT2D eigenvalue weighted by atomic mass is 10.2. The first kappa shape index (κ1) is 10.0. The Kier molecular flexibility index (Phi) is 3.06. The van der Waals surface area contributed by atoms with Crippen LogP contribution in [0.5, 0.6) is 5.75 Å². The van der Waals surface area contributed by atoms with Crippen molar-refractivity contribution in [1.82, 2.24) is 5.32 Å². The van der Waals surface area contributed by atoms with Gasteiger partial charge in [-0.05, 0) is 18.2 Å². The van der Waals surface area contributed by atoms with Crippen LogP contribution in [0, 0.1) is 0 Å². The van der Waals surface area contributed by atoms with Gasteiger partial charge in [0.05, 0.1) is 0 Å². The summed E-state index contributed by atoms with van der Waals surface area (Å²) in [5.74, 6) is -1.67. The highest BCUT2D eigenvalue weighted by molar-refractivity contribution is 5.96. The van der Waals surface area contributed by atoms with E-state index in [1.54, 1.807) is 0 Å². The predicted octanol–water partition coefficient (Wildman–Crippen LogP) is 0.207. The van der Waals surface area contributed by atoms with E-state index in [1.807, 2.05) is 0 Å². The maximum atomic E-state index is 11.2. The lowest BCUT2D eigenvalue weighted by Crippen LogP contribution is -2.29. The van der Waals surface area contributed by atoms with Crippen molar-refractivity contribution in [3.63, 3.8) is 0 Å². The second-order valence-corrected chi connectivity index (χ2v) is 2.63. The molecule has 5 heteroatoms. The summed E-state index contributed by atoms with van der Waals surface area (Å²) in [7, 11) is 0. The third-order valence-electron chi connectivity index (χ3n) is 1.51. The second-order valence-electron chi connectivity index (χ2n) is 2.63. The number of nitrogens with one attached hydrogen (secondary N) is 1. The van der Waals surface area contributed by atoms with Crippen molar-refractivity contribution in [3.05, 3.63) is 29.8 Å². The molecule has 0 aromatic heterocycles. The Morgan fingerprint density at radius 2 is 2.07 bits per heavy atom. The van der Waals surface area contributed by atoms with Gasteiger partial charge in [-0.2, -0.15) is 0 Å². The monoisotopic (exact) mass is 198 g/mol. The Labute approximate surface area is 80.0 Å². The molecule has 3 N–H and O–H groups in total. The van der Waals surface area contributed by atoms with Gasteiger partial charge in [0.25, 0.3) is 5.91 Å². The Bertz CT molecular complexity index is 362. The zero-order chi connectivity index (χ0) is 10.6. The molecular formula is C9H9NO4. The fraction of sp³-hybridized carbons (Fsp3) is 0.111. The molecule has 0 aliphatic rings. The van der Waals surface area contributed by atoms with Crippen LogP contribution in [0.4, 0.5) is 0 Å². The minimum atomic E-state index is -1.11. The average molecular weight is 198 g/mol. The first-order valence-electron chi connectivity index (χ1n) is 3.88. The van der Waals surface area contributed by atoms with Crippen LogP contribution < -0.4 is 5.32 Å². The van der Waals surface area contributed by atoms with Gasteiger partial charge in [-0.15, -0.1) is 0 Å². The number of phenolic OH excluding ortho intramolecular Hbond substituents is 1. The van der Waals surface area contributed by atoms with Gasteiger partial charge in [0, 0.05) is 5.56 Å². The molecule has 1 amide bonds. The highest BCUT2D eigenvalue weighted by atomic mass is 16.5. The van der Waals surface area contributed by atoms with E-state index in [0.717, 1.165) is 0 Å². The Hall–Kier alpha value is -2.04. The van der Waals surface area contributed by atoms with E-state index in [4.69, 9.17) is 10.2 Å². The third kappa shape index (κ3) is 2.78. The molecule has 0 bridgehead atoms. The maximum Gasteiger partial charge on any atom is 0.322 e. The normalized spacial score (nSPS) is 9.43. The number of benzene rings is 1. The Morgan fingerprint density at radius 1 is 1.36 bits per heavy atom. The smallest absolute Gasteiger partial charge is 0.322 e. The topological polar surface area (TPSA) is 86.6 Å². The van der Waals surface area contributed by atoms with Gasteiger partial charge >= 0.3 is 5.97 Å². The molecule has 0 fully saturated rings. The molecule has 14 heavy (non-hydrogen) atoms. The number of amides is 1. The Morgan fingerprint density at radius 3 is 2.64 bits per heavy atom. The van der Waals surface area contributed by atoms with Gasteiger partial charge < -0.3 is 15.5 Å². The number of hydrogen-bond acceptors (Lipinski definition) is 3. The Balaban J connectivity index is 2.65. The van der Waals surface area contributed by atoms with Crippen LogP contribution in [-0.4, -0.2) is 28.6 Å². The molecule has 1 rings (SSSR count). The van der Waals surface area contributed by atoms with Crippen molar-refractivity contribution >= 4 is 11.9 Å². The number of carboxylic acid groups (broad SMARTS) is 1. The molecule has 0 aliphatic carbocycles. The minimum Gasteiger partial charge on any atom is -0.508 e. The lowest BCUT2D eigenvalue weighted by Gasteiger charge is -2.01. The molecule has 0 heterocycles. The first-order valence-corrected chi connectivity index (χ1v) is 3.88. The van der Waals surface area contributed by atoms with E-state index >= 15 is 0 Å². The second kappa shape index (κ2) is 4.27. The van der Waals surface area contributed by atoms with Gasteiger partial charge in [0.1, 0.15) is 12.3 Å². The van der Waals surface area contributed by atoms with E-state index in [-0.39, 0.29) is 11.3 Å². The largest absolute Gasteiger partial charge is 0.508 e. The molecule has 1 aromatic carbocycles. The number of aromatic hydroxyl groups is 1. The zero-order valence-corrected chi connectivity index (χ0v) is 7.23.